The molecule has 4 N–H and O–H groups in total. The molecule has 3 rings (SSSR count). The molecule has 2 aromatic rings. The van der Waals surface area contributed by atoms with Crippen LogP contribution in [0.4, 0.5) is 11.6 Å². The number of hydrogen-bond donors (Lipinski definition) is 2. The molecule has 2 aromatic heterocycles. The number of rotatable bonds is 3. The van der Waals surface area contributed by atoms with Crippen molar-refractivity contribution in [2.75, 3.05) is 24.7 Å². The fourth-order valence-electron chi connectivity index (χ4n) is 2.80. The second-order valence-electron chi connectivity index (χ2n) is 5.43. The zero-order valence-corrected chi connectivity index (χ0v) is 12.0. The molecule has 0 atom stereocenters. The Labute approximate surface area is 124 Å². The van der Waals surface area contributed by atoms with E-state index in [2.05, 4.69) is 9.97 Å². The first-order valence-corrected chi connectivity index (χ1v) is 7.28. The standard InChI is InChI=1S/C16H20N4O/c17-15-3-1-2-14(20-15)12-4-7-19-16(18)13(12)10-11-5-8-21-9-6-11/h1-4,7,11H,5-6,8-10H2,(H2,17,20)(H2,18,19). The highest BCUT2D eigenvalue weighted by Gasteiger charge is 2.19. The number of hydrogen-bond acceptors (Lipinski definition) is 5. The first kappa shape index (κ1) is 13.8. The predicted octanol–water partition coefficient (Wildman–Crippen LogP) is 2.28. The molecule has 0 spiro atoms. The molecular weight excluding hydrogens is 264 g/mol. The van der Waals surface area contributed by atoms with Gasteiger partial charge in [0.15, 0.2) is 0 Å². The van der Waals surface area contributed by atoms with E-state index in [0.717, 1.165) is 49.3 Å². The van der Waals surface area contributed by atoms with Crippen LogP contribution in [0.2, 0.25) is 0 Å². The minimum absolute atomic E-state index is 0.514. The quantitative estimate of drug-likeness (QED) is 0.903. The summed E-state index contributed by atoms with van der Waals surface area (Å²) in [6.45, 7) is 1.66. The maximum atomic E-state index is 6.11. The molecule has 1 fully saturated rings. The summed E-state index contributed by atoms with van der Waals surface area (Å²) in [4.78, 5) is 8.65. The first-order valence-electron chi connectivity index (χ1n) is 7.28. The van der Waals surface area contributed by atoms with Gasteiger partial charge in [0.1, 0.15) is 11.6 Å². The Morgan fingerprint density at radius 2 is 1.95 bits per heavy atom. The van der Waals surface area contributed by atoms with Crippen molar-refractivity contribution >= 4 is 11.6 Å². The van der Waals surface area contributed by atoms with Gasteiger partial charge in [-0.3, -0.25) is 0 Å². The van der Waals surface area contributed by atoms with Gasteiger partial charge in [-0.1, -0.05) is 6.07 Å². The smallest absolute Gasteiger partial charge is 0.127 e. The monoisotopic (exact) mass is 284 g/mol. The minimum atomic E-state index is 0.514. The average Bonchev–Trinajstić information content (AvgIpc) is 2.50. The third-order valence-electron chi connectivity index (χ3n) is 3.97. The van der Waals surface area contributed by atoms with Crippen molar-refractivity contribution in [3.63, 3.8) is 0 Å². The van der Waals surface area contributed by atoms with Crippen molar-refractivity contribution < 1.29 is 4.74 Å². The van der Waals surface area contributed by atoms with Crippen LogP contribution in [0.1, 0.15) is 18.4 Å². The van der Waals surface area contributed by atoms with E-state index < -0.39 is 0 Å². The Balaban J connectivity index is 1.95. The van der Waals surface area contributed by atoms with Gasteiger partial charge in [0.2, 0.25) is 0 Å². The maximum absolute atomic E-state index is 6.11. The van der Waals surface area contributed by atoms with Crippen LogP contribution in [0.25, 0.3) is 11.3 Å². The van der Waals surface area contributed by atoms with Gasteiger partial charge < -0.3 is 16.2 Å². The third-order valence-corrected chi connectivity index (χ3v) is 3.97. The number of nitrogens with two attached hydrogens (primary N) is 2. The van der Waals surface area contributed by atoms with Crippen LogP contribution >= 0.6 is 0 Å². The van der Waals surface area contributed by atoms with Crippen molar-refractivity contribution in [3.8, 4) is 11.3 Å². The second-order valence-corrected chi connectivity index (χ2v) is 5.43. The lowest BCUT2D eigenvalue weighted by molar-refractivity contribution is 0.0666. The molecule has 0 bridgehead atoms. The van der Waals surface area contributed by atoms with Crippen molar-refractivity contribution in [1.29, 1.82) is 0 Å². The van der Waals surface area contributed by atoms with E-state index in [0.29, 0.717) is 17.6 Å². The van der Waals surface area contributed by atoms with Crippen LogP contribution in [0, 0.1) is 5.92 Å². The van der Waals surface area contributed by atoms with Gasteiger partial charge in [-0.15, -0.1) is 0 Å². The summed E-state index contributed by atoms with van der Waals surface area (Å²) in [5.41, 5.74) is 14.9. The zero-order chi connectivity index (χ0) is 14.7. The highest BCUT2D eigenvalue weighted by Crippen LogP contribution is 2.30. The van der Waals surface area contributed by atoms with Gasteiger partial charge in [0, 0.05) is 30.5 Å². The summed E-state index contributed by atoms with van der Waals surface area (Å²) in [6, 6.07) is 7.62. The third kappa shape index (κ3) is 3.13. The van der Waals surface area contributed by atoms with Crippen LogP contribution in [-0.4, -0.2) is 23.2 Å². The lowest BCUT2D eigenvalue weighted by Gasteiger charge is -2.23. The van der Waals surface area contributed by atoms with Gasteiger partial charge in [0.05, 0.1) is 5.69 Å². The number of pyridine rings is 2. The second kappa shape index (κ2) is 6.10. The first-order chi connectivity index (χ1) is 10.2. The summed E-state index contributed by atoms with van der Waals surface area (Å²) < 4.78 is 5.42. The topological polar surface area (TPSA) is 87.0 Å². The number of aromatic nitrogens is 2. The van der Waals surface area contributed by atoms with Crippen molar-refractivity contribution in [2.24, 2.45) is 5.92 Å². The number of nitrogen functional groups attached to an aromatic ring is 2. The zero-order valence-electron chi connectivity index (χ0n) is 12.0. The lowest BCUT2D eigenvalue weighted by atomic mass is 9.90. The van der Waals surface area contributed by atoms with Gasteiger partial charge in [-0.25, -0.2) is 9.97 Å². The Bertz CT molecular complexity index is 623. The van der Waals surface area contributed by atoms with Crippen molar-refractivity contribution in [2.45, 2.75) is 19.3 Å². The van der Waals surface area contributed by atoms with Crippen LogP contribution < -0.4 is 11.5 Å². The van der Waals surface area contributed by atoms with E-state index in [9.17, 15) is 0 Å². The van der Waals surface area contributed by atoms with Crippen LogP contribution in [0.15, 0.2) is 30.5 Å². The molecule has 0 radical (unpaired) electrons. The largest absolute Gasteiger partial charge is 0.384 e. The molecular formula is C16H20N4O. The minimum Gasteiger partial charge on any atom is -0.384 e. The SMILES string of the molecule is Nc1cccc(-c2ccnc(N)c2CC2CCOCC2)n1. The summed E-state index contributed by atoms with van der Waals surface area (Å²) in [5.74, 6) is 1.69. The van der Waals surface area contributed by atoms with E-state index in [1.165, 1.54) is 0 Å². The highest BCUT2D eigenvalue weighted by molar-refractivity contribution is 5.69. The van der Waals surface area contributed by atoms with Gasteiger partial charge in [-0.2, -0.15) is 0 Å². The number of anilines is 2. The molecule has 1 aliphatic heterocycles. The molecule has 5 nitrogen and oxygen atoms in total. The molecule has 1 aliphatic rings. The predicted molar refractivity (Wildman–Crippen MR) is 83.5 cm³/mol. The Morgan fingerprint density at radius 1 is 1.14 bits per heavy atom. The van der Waals surface area contributed by atoms with Gasteiger partial charge in [-0.05, 0) is 43.4 Å². The van der Waals surface area contributed by atoms with E-state index in [1.807, 2.05) is 18.2 Å². The maximum Gasteiger partial charge on any atom is 0.127 e. The van der Waals surface area contributed by atoms with E-state index in [4.69, 9.17) is 16.2 Å². The van der Waals surface area contributed by atoms with Crippen molar-refractivity contribution in [1.82, 2.24) is 9.97 Å². The van der Waals surface area contributed by atoms with E-state index in [-0.39, 0.29) is 0 Å². The Morgan fingerprint density at radius 3 is 2.71 bits per heavy atom. The number of ether oxygens (including phenoxy) is 1. The van der Waals surface area contributed by atoms with E-state index in [1.54, 1.807) is 12.3 Å². The molecule has 0 aliphatic carbocycles. The van der Waals surface area contributed by atoms with Crippen molar-refractivity contribution in [3.05, 3.63) is 36.0 Å². The summed E-state index contributed by atoms with van der Waals surface area (Å²) in [6.07, 6.45) is 4.77. The summed E-state index contributed by atoms with van der Waals surface area (Å²) >= 11 is 0. The molecule has 0 aromatic carbocycles. The molecule has 1 saturated heterocycles. The fraction of sp³-hybridized carbons (Fsp3) is 0.375. The molecule has 3 heterocycles. The summed E-state index contributed by atoms with van der Waals surface area (Å²) in [5, 5.41) is 0. The Hall–Kier alpha value is -2.14. The van der Waals surface area contributed by atoms with Gasteiger partial charge >= 0.3 is 0 Å². The molecule has 5 heteroatoms. The fourth-order valence-corrected chi connectivity index (χ4v) is 2.80. The molecule has 21 heavy (non-hydrogen) atoms. The number of nitrogens with zero attached hydrogens (tertiary/aromatic N) is 2. The van der Waals surface area contributed by atoms with Crippen LogP contribution in [0.5, 0.6) is 0 Å². The molecule has 0 saturated carbocycles. The van der Waals surface area contributed by atoms with Crippen LogP contribution in [0.3, 0.4) is 0 Å². The van der Waals surface area contributed by atoms with Crippen LogP contribution in [-0.2, 0) is 11.2 Å². The summed E-state index contributed by atoms with van der Waals surface area (Å²) in [7, 11) is 0. The van der Waals surface area contributed by atoms with E-state index >= 15 is 0 Å². The average molecular weight is 284 g/mol. The Kier molecular flexibility index (Phi) is 4.01. The molecule has 0 unspecified atom stereocenters. The lowest BCUT2D eigenvalue weighted by Crippen LogP contribution is -2.18. The molecule has 110 valence electrons. The van der Waals surface area contributed by atoms with Gasteiger partial charge in [0.25, 0.3) is 0 Å². The molecule has 0 amide bonds. The highest BCUT2D eigenvalue weighted by atomic mass is 16.5. The normalized spacial score (nSPS) is 16.0.